The van der Waals surface area contributed by atoms with Crippen molar-refractivity contribution < 1.29 is 9.53 Å². The van der Waals surface area contributed by atoms with Gasteiger partial charge in [-0.25, -0.2) is 0 Å². The second-order valence-electron chi connectivity index (χ2n) is 5.32. The van der Waals surface area contributed by atoms with Crippen molar-refractivity contribution in [1.29, 1.82) is 0 Å². The third kappa shape index (κ3) is 3.14. The van der Waals surface area contributed by atoms with Crippen LogP contribution in [0.4, 0.5) is 0 Å². The average Bonchev–Trinajstić information content (AvgIpc) is 3.14. The number of fused-ring (bicyclic) bond motifs is 1. The molecule has 1 amide bonds. The van der Waals surface area contributed by atoms with Crippen molar-refractivity contribution in [2.75, 3.05) is 7.11 Å². The van der Waals surface area contributed by atoms with E-state index in [1.807, 2.05) is 12.1 Å². The Kier molecular flexibility index (Phi) is 5.08. The summed E-state index contributed by atoms with van der Waals surface area (Å²) in [6.45, 7) is 4.93. The van der Waals surface area contributed by atoms with Crippen LogP contribution in [0.25, 0.3) is 10.2 Å². The Balaban J connectivity index is 2.23. The van der Waals surface area contributed by atoms with Gasteiger partial charge in [0.15, 0.2) is 4.80 Å². The van der Waals surface area contributed by atoms with Gasteiger partial charge >= 0.3 is 0 Å². The molecule has 0 aliphatic carbocycles. The summed E-state index contributed by atoms with van der Waals surface area (Å²) in [5.74, 6) is 0.535. The fourth-order valence-corrected chi connectivity index (χ4v) is 4.60. The van der Waals surface area contributed by atoms with Gasteiger partial charge in [-0.15, -0.1) is 11.3 Å². The first kappa shape index (κ1) is 17.2. The predicted octanol–water partition coefficient (Wildman–Crippen LogP) is 4.89. The first-order valence-corrected chi connectivity index (χ1v) is 9.57. The van der Waals surface area contributed by atoms with Crippen LogP contribution in [0.5, 0.6) is 5.75 Å². The molecule has 0 fully saturated rings. The van der Waals surface area contributed by atoms with Crippen LogP contribution in [0.2, 0.25) is 4.34 Å². The minimum atomic E-state index is -0.264. The minimum absolute atomic E-state index is 0.264. The molecule has 2 heterocycles. The quantitative estimate of drug-likeness (QED) is 0.647. The number of thiophene rings is 1. The van der Waals surface area contributed by atoms with Gasteiger partial charge < -0.3 is 9.30 Å². The van der Waals surface area contributed by atoms with Gasteiger partial charge in [0.25, 0.3) is 5.91 Å². The second kappa shape index (κ2) is 7.09. The van der Waals surface area contributed by atoms with Crippen LogP contribution in [0.1, 0.15) is 28.6 Å². The Morgan fingerprint density at radius 3 is 2.71 bits per heavy atom. The highest BCUT2D eigenvalue weighted by Gasteiger charge is 2.15. The van der Waals surface area contributed by atoms with Gasteiger partial charge in [0.05, 0.1) is 21.0 Å². The zero-order chi connectivity index (χ0) is 17.3. The highest BCUT2D eigenvalue weighted by molar-refractivity contribution is 7.18. The van der Waals surface area contributed by atoms with Gasteiger partial charge in [-0.05, 0) is 37.1 Å². The molecule has 0 radical (unpaired) electrons. The number of hydrogen-bond acceptors (Lipinski definition) is 4. The van der Waals surface area contributed by atoms with Gasteiger partial charge in [0.1, 0.15) is 11.3 Å². The standard InChI is InChI=1S/C17H17ClN2O2S2/c1-4-9-20-14-11(22-3)6-5-10(2)15(14)24-17(20)19-16(21)12-7-8-13(18)23-12/h5-8H,4,9H2,1-3H3. The van der Waals surface area contributed by atoms with Gasteiger partial charge in [-0.1, -0.05) is 35.9 Å². The summed E-state index contributed by atoms with van der Waals surface area (Å²) in [4.78, 5) is 18.0. The molecule has 0 atom stereocenters. The summed E-state index contributed by atoms with van der Waals surface area (Å²) in [5.41, 5.74) is 2.15. The maximum absolute atomic E-state index is 12.4. The molecule has 2 aromatic heterocycles. The van der Waals surface area contributed by atoms with E-state index in [2.05, 4.69) is 23.4 Å². The van der Waals surface area contributed by atoms with Crippen LogP contribution in [0, 0.1) is 6.92 Å². The third-order valence-corrected chi connectivity index (χ3v) is 6.07. The van der Waals surface area contributed by atoms with E-state index in [0.29, 0.717) is 14.0 Å². The topological polar surface area (TPSA) is 43.6 Å². The number of thiazole rings is 1. The first-order chi connectivity index (χ1) is 11.5. The van der Waals surface area contributed by atoms with Crippen LogP contribution in [0.3, 0.4) is 0 Å². The molecule has 0 saturated heterocycles. The molecule has 0 spiro atoms. The van der Waals surface area contributed by atoms with Gasteiger partial charge in [-0.3, -0.25) is 4.79 Å². The molecule has 7 heteroatoms. The van der Waals surface area contributed by atoms with E-state index in [-0.39, 0.29) is 5.91 Å². The van der Waals surface area contributed by atoms with Gasteiger partial charge in [0, 0.05) is 6.54 Å². The number of aryl methyl sites for hydroxylation is 2. The molecular weight excluding hydrogens is 364 g/mol. The minimum Gasteiger partial charge on any atom is -0.495 e. The summed E-state index contributed by atoms with van der Waals surface area (Å²) in [5, 5.41) is 0. The Morgan fingerprint density at radius 2 is 2.08 bits per heavy atom. The normalized spacial score (nSPS) is 12.1. The lowest BCUT2D eigenvalue weighted by Crippen LogP contribution is -2.17. The van der Waals surface area contributed by atoms with E-state index < -0.39 is 0 Å². The van der Waals surface area contributed by atoms with Crippen molar-refractivity contribution in [2.24, 2.45) is 4.99 Å². The average molecular weight is 381 g/mol. The molecule has 4 nitrogen and oxygen atoms in total. The zero-order valence-electron chi connectivity index (χ0n) is 13.6. The summed E-state index contributed by atoms with van der Waals surface area (Å²) in [6, 6.07) is 7.41. The summed E-state index contributed by atoms with van der Waals surface area (Å²) in [6.07, 6.45) is 0.940. The molecular formula is C17H17ClN2O2S2. The van der Waals surface area contributed by atoms with Gasteiger partial charge in [0.2, 0.25) is 0 Å². The molecule has 0 bridgehead atoms. The molecule has 0 aliphatic heterocycles. The Hall–Kier alpha value is -1.63. The molecule has 0 unspecified atom stereocenters. The van der Waals surface area contributed by atoms with Crippen molar-refractivity contribution in [1.82, 2.24) is 4.57 Å². The number of carbonyl (C=O) groups is 1. The fourth-order valence-electron chi connectivity index (χ4n) is 2.53. The van der Waals surface area contributed by atoms with Crippen molar-refractivity contribution in [3.63, 3.8) is 0 Å². The number of halogens is 1. The maximum Gasteiger partial charge on any atom is 0.289 e. The lowest BCUT2D eigenvalue weighted by molar-refractivity contribution is 0.100. The van der Waals surface area contributed by atoms with E-state index in [1.54, 1.807) is 19.2 Å². The molecule has 126 valence electrons. The van der Waals surface area contributed by atoms with Crippen LogP contribution in [0.15, 0.2) is 29.3 Å². The van der Waals surface area contributed by atoms with Crippen LogP contribution >= 0.6 is 34.3 Å². The van der Waals surface area contributed by atoms with E-state index >= 15 is 0 Å². The molecule has 0 saturated carbocycles. The van der Waals surface area contributed by atoms with Crippen LogP contribution in [-0.4, -0.2) is 17.6 Å². The largest absolute Gasteiger partial charge is 0.495 e. The first-order valence-electron chi connectivity index (χ1n) is 7.56. The third-order valence-electron chi connectivity index (χ3n) is 3.63. The van der Waals surface area contributed by atoms with E-state index in [9.17, 15) is 4.79 Å². The smallest absolute Gasteiger partial charge is 0.289 e. The van der Waals surface area contributed by atoms with E-state index in [4.69, 9.17) is 16.3 Å². The number of rotatable bonds is 4. The summed E-state index contributed by atoms with van der Waals surface area (Å²) >= 11 is 8.68. The maximum atomic E-state index is 12.4. The van der Waals surface area contributed by atoms with E-state index in [0.717, 1.165) is 34.5 Å². The number of methoxy groups -OCH3 is 1. The lowest BCUT2D eigenvalue weighted by atomic mass is 10.2. The number of nitrogens with zero attached hydrogens (tertiary/aromatic N) is 2. The summed E-state index contributed by atoms with van der Waals surface area (Å²) < 4.78 is 9.27. The number of amides is 1. The highest BCUT2D eigenvalue weighted by atomic mass is 35.5. The molecule has 1 aromatic carbocycles. The molecule has 0 aliphatic rings. The van der Waals surface area contributed by atoms with E-state index in [1.165, 1.54) is 22.7 Å². The monoisotopic (exact) mass is 380 g/mol. The Morgan fingerprint density at radius 1 is 1.29 bits per heavy atom. The summed E-state index contributed by atoms with van der Waals surface area (Å²) in [7, 11) is 1.66. The SMILES string of the molecule is CCCn1c(=NC(=O)c2ccc(Cl)s2)sc2c(C)ccc(OC)c21. The van der Waals surface area contributed by atoms with Crippen molar-refractivity contribution >= 4 is 50.4 Å². The number of hydrogen-bond donors (Lipinski definition) is 0. The molecule has 3 rings (SSSR count). The molecule has 24 heavy (non-hydrogen) atoms. The number of aromatic nitrogens is 1. The van der Waals surface area contributed by atoms with Crippen molar-refractivity contribution in [2.45, 2.75) is 26.8 Å². The van der Waals surface area contributed by atoms with Gasteiger partial charge in [-0.2, -0.15) is 4.99 Å². The van der Waals surface area contributed by atoms with Crippen molar-refractivity contribution in [3.05, 3.63) is 43.8 Å². The highest BCUT2D eigenvalue weighted by Crippen LogP contribution is 2.30. The number of carbonyl (C=O) groups excluding carboxylic acids is 1. The Labute approximate surface area is 153 Å². The Bertz CT molecular complexity index is 969. The van der Waals surface area contributed by atoms with Crippen LogP contribution in [-0.2, 0) is 6.54 Å². The predicted molar refractivity (Wildman–Crippen MR) is 101 cm³/mol. The van der Waals surface area contributed by atoms with Crippen LogP contribution < -0.4 is 9.54 Å². The number of ether oxygens (including phenoxy) is 1. The lowest BCUT2D eigenvalue weighted by Gasteiger charge is -2.08. The molecule has 3 aromatic rings. The second-order valence-corrected chi connectivity index (χ2v) is 8.01. The number of benzene rings is 1. The fraction of sp³-hybridized carbons (Fsp3) is 0.294. The zero-order valence-corrected chi connectivity index (χ0v) is 16.0. The molecule has 0 N–H and O–H groups in total. The van der Waals surface area contributed by atoms with Crippen molar-refractivity contribution in [3.8, 4) is 5.75 Å².